The fourth-order valence-electron chi connectivity index (χ4n) is 1.00. The Hall–Kier alpha value is -0.110. The van der Waals surface area contributed by atoms with E-state index in [2.05, 4.69) is 25.5 Å². The highest BCUT2D eigenvalue weighted by atomic mass is 32.2. The summed E-state index contributed by atoms with van der Waals surface area (Å²) in [5.74, 6) is 1.23. The first kappa shape index (κ1) is 7.00. The van der Waals surface area contributed by atoms with Crippen molar-refractivity contribution in [1.29, 1.82) is 0 Å². The molecule has 1 aliphatic rings. The predicted octanol–water partition coefficient (Wildman–Crippen LogP) is 1.91. The van der Waals surface area contributed by atoms with E-state index in [1.54, 1.807) is 0 Å². The quantitative estimate of drug-likeness (QED) is 0.551. The molecule has 1 unspecified atom stereocenters. The first-order valence-corrected chi connectivity index (χ1v) is 4.28. The second-order valence-electron chi connectivity index (χ2n) is 2.38. The molecule has 2 heteroatoms. The van der Waals surface area contributed by atoms with Crippen molar-refractivity contribution in [3.8, 4) is 0 Å². The Balaban J connectivity index is 2.51. The van der Waals surface area contributed by atoms with Crippen molar-refractivity contribution in [2.75, 3.05) is 12.8 Å². The minimum absolute atomic E-state index is 0.738. The Morgan fingerprint density at radius 2 is 2.56 bits per heavy atom. The van der Waals surface area contributed by atoms with Gasteiger partial charge in [-0.25, -0.2) is 0 Å². The Morgan fingerprint density at radius 3 is 2.78 bits per heavy atom. The lowest BCUT2D eigenvalue weighted by molar-refractivity contribution is 0.356. The molecule has 0 aliphatic carbocycles. The van der Waals surface area contributed by atoms with Gasteiger partial charge in [-0.05, 0) is 6.42 Å². The second kappa shape index (κ2) is 2.65. The van der Waals surface area contributed by atoms with Crippen molar-refractivity contribution in [1.82, 2.24) is 4.90 Å². The van der Waals surface area contributed by atoms with Crippen LogP contribution in [0.25, 0.3) is 0 Å². The lowest BCUT2D eigenvalue weighted by Crippen LogP contribution is -2.24. The van der Waals surface area contributed by atoms with Crippen LogP contribution in [0.5, 0.6) is 0 Å². The Labute approximate surface area is 61.1 Å². The zero-order valence-corrected chi connectivity index (χ0v) is 6.87. The van der Waals surface area contributed by atoms with Crippen LogP contribution in [0.2, 0.25) is 0 Å². The molecule has 1 rings (SSSR count). The van der Waals surface area contributed by atoms with Gasteiger partial charge < -0.3 is 4.90 Å². The molecule has 0 spiro atoms. The van der Waals surface area contributed by atoms with Gasteiger partial charge in [-0.3, -0.25) is 0 Å². The SMILES string of the molecule is C=C1SCC(CC)N1C. The summed E-state index contributed by atoms with van der Waals surface area (Å²) in [7, 11) is 2.12. The van der Waals surface area contributed by atoms with Crippen molar-refractivity contribution in [3.05, 3.63) is 11.6 Å². The molecule has 1 atom stereocenters. The summed E-state index contributed by atoms with van der Waals surface area (Å²) in [6.45, 7) is 6.14. The first-order chi connectivity index (χ1) is 4.25. The molecule has 1 fully saturated rings. The molecule has 0 N–H and O–H groups in total. The highest BCUT2D eigenvalue weighted by Crippen LogP contribution is 2.30. The van der Waals surface area contributed by atoms with Crippen LogP contribution in [-0.4, -0.2) is 23.7 Å². The molecule has 0 saturated carbocycles. The number of hydrogen-bond donors (Lipinski definition) is 0. The predicted molar refractivity (Wildman–Crippen MR) is 43.4 cm³/mol. The smallest absolute Gasteiger partial charge is 0.0635 e. The van der Waals surface area contributed by atoms with Gasteiger partial charge >= 0.3 is 0 Å². The minimum Gasteiger partial charge on any atom is -0.366 e. The lowest BCUT2D eigenvalue weighted by Gasteiger charge is -2.18. The number of hydrogen-bond acceptors (Lipinski definition) is 2. The van der Waals surface area contributed by atoms with Crippen molar-refractivity contribution in [3.63, 3.8) is 0 Å². The summed E-state index contributed by atoms with van der Waals surface area (Å²) >= 11 is 1.87. The topological polar surface area (TPSA) is 3.24 Å². The number of nitrogens with zero attached hydrogens (tertiary/aromatic N) is 1. The Bertz CT molecular complexity index is 122. The lowest BCUT2D eigenvalue weighted by atomic mass is 10.2. The van der Waals surface area contributed by atoms with Crippen molar-refractivity contribution < 1.29 is 0 Å². The van der Waals surface area contributed by atoms with Crippen molar-refractivity contribution >= 4 is 11.8 Å². The van der Waals surface area contributed by atoms with E-state index in [4.69, 9.17) is 0 Å². The van der Waals surface area contributed by atoms with E-state index in [9.17, 15) is 0 Å². The Kier molecular flexibility index (Phi) is 2.06. The van der Waals surface area contributed by atoms with E-state index in [1.807, 2.05) is 11.8 Å². The third kappa shape index (κ3) is 1.23. The first-order valence-electron chi connectivity index (χ1n) is 3.30. The van der Waals surface area contributed by atoms with Crippen LogP contribution in [0.3, 0.4) is 0 Å². The molecule has 0 aromatic rings. The average molecular weight is 143 g/mol. The van der Waals surface area contributed by atoms with Crippen LogP contribution in [0.15, 0.2) is 11.6 Å². The molecule has 1 nitrogen and oxygen atoms in total. The summed E-state index contributed by atoms with van der Waals surface area (Å²) in [4.78, 5) is 2.27. The summed E-state index contributed by atoms with van der Waals surface area (Å²) in [5.41, 5.74) is 0. The van der Waals surface area contributed by atoms with Gasteiger partial charge in [0.1, 0.15) is 0 Å². The molecular formula is C7H13NS. The van der Waals surface area contributed by atoms with Crippen LogP contribution >= 0.6 is 11.8 Å². The highest BCUT2D eigenvalue weighted by Gasteiger charge is 2.21. The van der Waals surface area contributed by atoms with Crippen LogP contribution in [0.1, 0.15) is 13.3 Å². The van der Waals surface area contributed by atoms with E-state index >= 15 is 0 Å². The highest BCUT2D eigenvalue weighted by molar-refractivity contribution is 8.03. The van der Waals surface area contributed by atoms with E-state index in [0.717, 1.165) is 6.04 Å². The van der Waals surface area contributed by atoms with Gasteiger partial charge in [-0.1, -0.05) is 13.5 Å². The molecule has 1 aliphatic heterocycles. The maximum atomic E-state index is 3.92. The molecule has 0 bridgehead atoms. The van der Waals surface area contributed by atoms with Gasteiger partial charge in [0.2, 0.25) is 0 Å². The average Bonchev–Trinajstić information content (AvgIpc) is 2.15. The van der Waals surface area contributed by atoms with Gasteiger partial charge in [-0.2, -0.15) is 0 Å². The maximum absolute atomic E-state index is 3.92. The van der Waals surface area contributed by atoms with Gasteiger partial charge in [-0.15, -0.1) is 11.8 Å². The number of rotatable bonds is 1. The summed E-state index contributed by atoms with van der Waals surface area (Å²) < 4.78 is 0. The van der Waals surface area contributed by atoms with E-state index in [1.165, 1.54) is 17.2 Å². The molecule has 9 heavy (non-hydrogen) atoms. The molecule has 0 aromatic heterocycles. The van der Waals surface area contributed by atoms with Crippen LogP contribution in [0, 0.1) is 0 Å². The molecule has 0 aromatic carbocycles. The zero-order chi connectivity index (χ0) is 6.85. The summed E-state index contributed by atoms with van der Waals surface area (Å²) in [5, 5.41) is 1.22. The van der Waals surface area contributed by atoms with Crippen LogP contribution in [0.4, 0.5) is 0 Å². The standard InChI is InChI=1S/C7H13NS/c1-4-7-5-9-6(2)8(7)3/h7H,2,4-5H2,1,3H3. The fraction of sp³-hybridized carbons (Fsp3) is 0.714. The maximum Gasteiger partial charge on any atom is 0.0635 e. The van der Waals surface area contributed by atoms with E-state index in [0.29, 0.717) is 0 Å². The molecule has 0 radical (unpaired) electrons. The van der Waals surface area contributed by atoms with Gasteiger partial charge in [0.25, 0.3) is 0 Å². The molecule has 52 valence electrons. The fourth-order valence-corrected chi connectivity index (χ4v) is 2.20. The zero-order valence-electron chi connectivity index (χ0n) is 6.05. The monoisotopic (exact) mass is 143 g/mol. The third-order valence-corrected chi connectivity index (χ3v) is 3.03. The molecular weight excluding hydrogens is 130 g/mol. The Morgan fingerprint density at radius 1 is 1.89 bits per heavy atom. The van der Waals surface area contributed by atoms with Crippen molar-refractivity contribution in [2.45, 2.75) is 19.4 Å². The van der Waals surface area contributed by atoms with E-state index < -0.39 is 0 Å². The molecule has 0 amide bonds. The summed E-state index contributed by atoms with van der Waals surface area (Å²) in [6, 6.07) is 0.738. The summed E-state index contributed by atoms with van der Waals surface area (Å²) in [6.07, 6.45) is 1.24. The largest absolute Gasteiger partial charge is 0.366 e. The number of thioether (sulfide) groups is 1. The van der Waals surface area contributed by atoms with Crippen molar-refractivity contribution in [2.24, 2.45) is 0 Å². The second-order valence-corrected chi connectivity index (χ2v) is 3.47. The third-order valence-electron chi connectivity index (χ3n) is 1.85. The molecule has 1 saturated heterocycles. The van der Waals surface area contributed by atoms with Gasteiger partial charge in [0.05, 0.1) is 5.03 Å². The van der Waals surface area contributed by atoms with Gasteiger partial charge in [0, 0.05) is 18.8 Å². The van der Waals surface area contributed by atoms with Crippen LogP contribution < -0.4 is 0 Å². The normalized spacial score (nSPS) is 27.6. The van der Waals surface area contributed by atoms with Gasteiger partial charge in [0.15, 0.2) is 0 Å². The van der Waals surface area contributed by atoms with Crippen LogP contribution in [-0.2, 0) is 0 Å². The minimum atomic E-state index is 0.738. The van der Waals surface area contributed by atoms with E-state index in [-0.39, 0.29) is 0 Å². The molecule has 1 heterocycles.